The van der Waals surface area contributed by atoms with Gasteiger partial charge in [-0.05, 0) is 32.8 Å². The molecular formula is C12H20BrNOS. The lowest BCUT2D eigenvalue weighted by Crippen LogP contribution is -2.45. The summed E-state index contributed by atoms with van der Waals surface area (Å²) >= 11 is 5.26. The molecule has 1 aromatic rings. The molecule has 1 rings (SSSR count). The summed E-state index contributed by atoms with van der Waals surface area (Å²) < 4.78 is 6.68. The lowest BCUT2D eigenvalue weighted by molar-refractivity contribution is -0.00152. The van der Waals surface area contributed by atoms with Crippen LogP contribution in [0.4, 0.5) is 0 Å². The van der Waals surface area contributed by atoms with Gasteiger partial charge in [0.25, 0.3) is 0 Å². The molecule has 0 fully saturated rings. The Hall–Kier alpha value is 0.100. The summed E-state index contributed by atoms with van der Waals surface area (Å²) in [5.74, 6) is 0. The molecule has 0 aliphatic heterocycles. The summed E-state index contributed by atoms with van der Waals surface area (Å²) in [6.07, 6.45) is 0.926. The number of hydrogen-bond donors (Lipinski definition) is 1. The van der Waals surface area contributed by atoms with Crippen LogP contribution in [0.15, 0.2) is 15.9 Å². The van der Waals surface area contributed by atoms with Gasteiger partial charge in [0.2, 0.25) is 0 Å². The van der Waals surface area contributed by atoms with Crippen LogP contribution in [0.25, 0.3) is 0 Å². The molecule has 0 bridgehead atoms. The molecule has 16 heavy (non-hydrogen) atoms. The third-order valence-corrected chi connectivity index (χ3v) is 4.56. The van der Waals surface area contributed by atoms with Gasteiger partial charge >= 0.3 is 0 Å². The highest BCUT2D eigenvalue weighted by Gasteiger charge is 2.30. The summed E-state index contributed by atoms with van der Waals surface area (Å²) in [5, 5.41) is 2.07. The van der Waals surface area contributed by atoms with Crippen molar-refractivity contribution in [3.05, 3.63) is 20.8 Å². The molecular weight excluding hydrogens is 286 g/mol. The van der Waals surface area contributed by atoms with Crippen LogP contribution in [0.5, 0.6) is 0 Å². The van der Waals surface area contributed by atoms with Crippen LogP contribution in [0, 0.1) is 5.41 Å². The van der Waals surface area contributed by atoms with E-state index in [1.807, 2.05) is 0 Å². The van der Waals surface area contributed by atoms with Crippen molar-refractivity contribution in [1.29, 1.82) is 0 Å². The Labute approximate surface area is 110 Å². The van der Waals surface area contributed by atoms with Crippen LogP contribution < -0.4 is 5.73 Å². The van der Waals surface area contributed by atoms with Crippen molar-refractivity contribution < 1.29 is 4.74 Å². The standard InChI is InChI=1S/C12H20BrNOS/c1-12(2,3)11(15-4)9(14)7-10-8(13)5-6-16-10/h5-6,9,11H,7,14H2,1-4H3. The van der Waals surface area contributed by atoms with E-state index in [0.29, 0.717) is 0 Å². The first-order chi connectivity index (χ1) is 7.36. The van der Waals surface area contributed by atoms with Crippen molar-refractivity contribution in [2.45, 2.75) is 39.3 Å². The van der Waals surface area contributed by atoms with Crippen molar-refractivity contribution >= 4 is 27.3 Å². The minimum absolute atomic E-state index is 0.0277. The van der Waals surface area contributed by atoms with Crippen LogP contribution in [0.2, 0.25) is 0 Å². The number of ether oxygens (including phenoxy) is 1. The Balaban J connectivity index is 2.71. The third kappa shape index (κ3) is 3.55. The van der Waals surface area contributed by atoms with Gasteiger partial charge in [0, 0.05) is 28.9 Å². The van der Waals surface area contributed by atoms with Crippen molar-refractivity contribution in [1.82, 2.24) is 0 Å². The lowest BCUT2D eigenvalue weighted by Gasteiger charge is -2.33. The predicted molar refractivity (Wildman–Crippen MR) is 74.0 cm³/mol. The van der Waals surface area contributed by atoms with E-state index in [1.54, 1.807) is 18.4 Å². The molecule has 92 valence electrons. The molecule has 2 N–H and O–H groups in total. The molecule has 0 saturated heterocycles. The van der Waals surface area contributed by atoms with Gasteiger partial charge in [-0.1, -0.05) is 20.8 Å². The van der Waals surface area contributed by atoms with E-state index in [0.717, 1.165) is 10.9 Å². The molecule has 0 aliphatic carbocycles. The number of rotatable bonds is 4. The quantitative estimate of drug-likeness (QED) is 0.925. The van der Waals surface area contributed by atoms with E-state index < -0.39 is 0 Å². The fourth-order valence-electron chi connectivity index (χ4n) is 1.96. The molecule has 2 atom stereocenters. The van der Waals surface area contributed by atoms with Crippen molar-refractivity contribution in [2.24, 2.45) is 11.1 Å². The SMILES string of the molecule is COC(C(N)Cc1sccc1Br)C(C)(C)C. The van der Waals surface area contributed by atoms with Crippen LogP contribution in [0.1, 0.15) is 25.6 Å². The Morgan fingerprint density at radius 2 is 2.12 bits per heavy atom. The summed E-state index contributed by atoms with van der Waals surface area (Å²) in [6.45, 7) is 6.47. The van der Waals surface area contributed by atoms with Crippen LogP contribution in [0.3, 0.4) is 0 Å². The van der Waals surface area contributed by atoms with E-state index in [-0.39, 0.29) is 17.6 Å². The molecule has 0 aliphatic rings. The Kier molecular flexibility index (Phi) is 4.98. The maximum absolute atomic E-state index is 6.24. The fraction of sp³-hybridized carbons (Fsp3) is 0.667. The first-order valence-corrected chi connectivity index (χ1v) is 7.03. The van der Waals surface area contributed by atoms with Gasteiger partial charge in [-0.25, -0.2) is 0 Å². The second-order valence-electron chi connectivity index (χ2n) is 5.08. The third-order valence-electron chi connectivity index (χ3n) is 2.61. The zero-order chi connectivity index (χ0) is 12.3. The fourth-order valence-corrected chi connectivity index (χ4v) is 3.55. The van der Waals surface area contributed by atoms with Gasteiger partial charge < -0.3 is 10.5 Å². The molecule has 2 nitrogen and oxygen atoms in total. The number of hydrogen-bond acceptors (Lipinski definition) is 3. The predicted octanol–water partition coefficient (Wildman–Crippen LogP) is 3.44. The summed E-state index contributed by atoms with van der Waals surface area (Å²) in [6, 6.07) is 2.09. The monoisotopic (exact) mass is 305 g/mol. The average Bonchev–Trinajstić information content (AvgIpc) is 2.50. The van der Waals surface area contributed by atoms with Crippen molar-refractivity contribution in [3.63, 3.8) is 0 Å². The number of halogens is 1. The molecule has 0 saturated carbocycles. The summed E-state index contributed by atoms with van der Waals surface area (Å²) in [7, 11) is 1.74. The molecule has 0 amide bonds. The van der Waals surface area contributed by atoms with Crippen molar-refractivity contribution in [2.75, 3.05) is 7.11 Å². The second kappa shape index (κ2) is 5.63. The van der Waals surface area contributed by atoms with E-state index in [9.17, 15) is 0 Å². The highest BCUT2D eigenvalue weighted by atomic mass is 79.9. The highest BCUT2D eigenvalue weighted by Crippen LogP contribution is 2.29. The van der Waals surface area contributed by atoms with Gasteiger partial charge in [0.15, 0.2) is 0 Å². The van der Waals surface area contributed by atoms with E-state index in [1.165, 1.54) is 4.88 Å². The Bertz CT molecular complexity index is 332. The number of nitrogens with two attached hydrogens (primary N) is 1. The zero-order valence-electron chi connectivity index (χ0n) is 10.3. The minimum Gasteiger partial charge on any atom is -0.379 e. The average molecular weight is 306 g/mol. The number of methoxy groups -OCH3 is 1. The van der Waals surface area contributed by atoms with Gasteiger partial charge in [-0.2, -0.15) is 0 Å². The van der Waals surface area contributed by atoms with Gasteiger partial charge in [-0.15, -0.1) is 11.3 Å². The molecule has 0 spiro atoms. The summed E-state index contributed by atoms with van der Waals surface area (Å²) in [4.78, 5) is 1.29. The molecule has 1 heterocycles. The van der Waals surface area contributed by atoms with Gasteiger partial charge in [0.1, 0.15) is 0 Å². The maximum atomic E-state index is 6.24. The molecule has 0 radical (unpaired) electrons. The van der Waals surface area contributed by atoms with E-state index >= 15 is 0 Å². The Morgan fingerprint density at radius 1 is 1.50 bits per heavy atom. The number of thiophene rings is 1. The van der Waals surface area contributed by atoms with Crippen LogP contribution in [-0.2, 0) is 11.2 Å². The van der Waals surface area contributed by atoms with Gasteiger partial charge in [-0.3, -0.25) is 0 Å². The molecule has 4 heteroatoms. The summed E-state index contributed by atoms with van der Waals surface area (Å²) in [5.41, 5.74) is 6.30. The molecule has 2 unspecified atom stereocenters. The second-order valence-corrected chi connectivity index (χ2v) is 6.94. The zero-order valence-corrected chi connectivity index (χ0v) is 12.7. The van der Waals surface area contributed by atoms with E-state index in [4.69, 9.17) is 10.5 Å². The topological polar surface area (TPSA) is 35.2 Å². The van der Waals surface area contributed by atoms with Crippen molar-refractivity contribution in [3.8, 4) is 0 Å². The normalized spacial score (nSPS) is 16.1. The minimum atomic E-state index is 0.0277. The van der Waals surface area contributed by atoms with Crippen LogP contribution in [-0.4, -0.2) is 19.3 Å². The molecule has 1 aromatic heterocycles. The lowest BCUT2D eigenvalue weighted by atomic mass is 9.83. The van der Waals surface area contributed by atoms with Crippen LogP contribution >= 0.6 is 27.3 Å². The largest absolute Gasteiger partial charge is 0.379 e. The maximum Gasteiger partial charge on any atom is 0.0773 e. The first-order valence-electron chi connectivity index (χ1n) is 5.36. The molecule has 0 aromatic carbocycles. The smallest absolute Gasteiger partial charge is 0.0773 e. The van der Waals surface area contributed by atoms with Gasteiger partial charge in [0.05, 0.1) is 6.10 Å². The highest BCUT2D eigenvalue weighted by molar-refractivity contribution is 9.10. The Morgan fingerprint density at radius 3 is 2.50 bits per heavy atom. The van der Waals surface area contributed by atoms with E-state index in [2.05, 4.69) is 48.1 Å². The first kappa shape index (κ1) is 14.2.